The molecule has 32 heavy (non-hydrogen) atoms. The lowest BCUT2D eigenvalue weighted by atomic mass is 9.99. The first-order valence-electron chi connectivity index (χ1n) is 10.4. The predicted octanol–water partition coefficient (Wildman–Crippen LogP) is 5.16. The van der Waals surface area contributed by atoms with E-state index in [0.29, 0.717) is 17.3 Å². The van der Waals surface area contributed by atoms with Gasteiger partial charge in [-0.2, -0.15) is 0 Å². The van der Waals surface area contributed by atoms with Crippen molar-refractivity contribution in [2.24, 2.45) is 4.99 Å². The minimum atomic E-state index is -0.481. The SMILES string of the molecule is CCC(=O)COC(=N)C[C@@H]1N=C(c2ccc(Cl)cc2)c2c(sc(C)c2C)-n2c(C)nnc21. The minimum Gasteiger partial charge on any atom is -0.473 e. The maximum atomic E-state index is 11.6. The summed E-state index contributed by atoms with van der Waals surface area (Å²) >= 11 is 7.81. The van der Waals surface area contributed by atoms with Crippen molar-refractivity contribution in [1.29, 1.82) is 5.41 Å². The molecule has 1 atom stereocenters. The Hall–Kier alpha value is -2.84. The first-order chi connectivity index (χ1) is 15.3. The summed E-state index contributed by atoms with van der Waals surface area (Å²) < 4.78 is 7.44. The van der Waals surface area contributed by atoms with Crippen molar-refractivity contribution in [3.05, 3.63) is 62.5 Å². The van der Waals surface area contributed by atoms with Crippen LogP contribution < -0.4 is 0 Å². The van der Waals surface area contributed by atoms with Crippen LogP contribution in [0.4, 0.5) is 0 Å². The Kier molecular flexibility index (Phi) is 6.26. The smallest absolute Gasteiger partial charge is 0.183 e. The number of halogens is 1. The zero-order chi connectivity index (χ0) is 23.0. The van der Waals surface area contributed by atoms with Gasteiger partial charge in [0.15, 0.2) is 17.5 Å². The topological polar surface area (TPSA) is 93.2 Å². The van der Waals surface area contributed by atoms with Gasteiger partial charge in [-0.1, -0.05) is 30.7 Å². The summed E-state index contributed by atoms with van der Waals surface area (Å²) in [5.41, 5.74) is 3.95. The van der Waals surface area contributed by atoms with Crippen LogP contribution in [0.3, 0.4) is 0 Å². The Morgan fingerprint density at radius 3 is 2.62 bits per heavy atom. The molecule has 1 aromatic carbocycles. The van der Waals surface area contributed by atoms with Gasteiger partial charge < -0.3 is 4.74 Å². The number of aromatic nitrogens is 3. The third-order valence-electron chi connectivity index (χ3n) is 5.54. The molecule has 1 aliphatic rings. The summed E-state index contributed by atoms with van der Waals surface area (Å²) in [5, 5.41) is 18.7. The Labute approximate surface area is 195 Å². The number of Topliss-reactive ketones (excluding diaryl/α,β-unsaturated/α-hetero) is 1. The van der Waals surface area contributed by atoms with Gasteiger partial charge in [0.25, 0.3) is 0 Å². The predicted molar refractivity (Wildman–Crippen MR) is 127 cm³/mol. The van der Waals surface area contributed by atoms with Crippen molar-refractivity contribution in [2.75, 3.05) is 6.61 Å². The molecular weight excluding hydrogens is 446 g/mol. The summed E-state index contributed by atoms with van der Waals surface area (Å²) in [7, 11) is 0. The molecule has 0 aliphatic carbocycles. The van der Waals surface area contributed by atoms with E-state index >= 15 is 0 Å². The summed E-state index contributed by atoms with van der Waals surface area (Å²) in [5.74, 6) is 1.37. The number of ketones is 1. The van der Waals surface area contributed by atoms with Crippen molar-refractivity contribution in [3.8, 4) is 5.00 Å². The van der Waals surface area contributed by atoms with Crippen molar-refractivity contribution >= 4 is 40.3 Å². The molecule has 0 fully saturated rings. The molecule has 3 heterocycles. The molecule has 0 saturated heterocycles. The molecule has 166 valence electrons. The number of carbonyl (C=O) groups is 1. The van der Waals surface area contributed by atoms with Crippen molar-refractivity contribution < 1.29 is 9.53 Å². The molecule has 0 spiro atoms. The zero-order valence-corrected chi connectivity index (χ0v) is 20.0. The van der Waals surface area contributed by atoms with Gasteiger partial charge in [-0.15, -0.1) is 21.5 Å². The molecule has 1 N–H and O–H groups in total. The highest BCUT2D eigenvalue weighted by molar-refractivity contribution is 7.15. The molecule has 1 aliphatic heterocycles. The van der Waals surface area contributed by atoms with Gasteiger partial charge >= 0.3 is 0 Å². The number of nitrogens with one attached hydrogen (secondary N) is 1. The highest BCUT2D eigenvalue weighted by atomic mass is 35.5. The lowest BCUT2D eigenvalue weighted by Gasteiger charge is -2.14. The van der Waals surface area contributed by atoms with Gasteiger partial charge in [0.1, 0.15) is 23.5 Å². The molecule has 9 heteroatoms. The molecule has 0 unspecified atom stereocenters. The minimum absolute atomic E-state index is 0.00127. The molecule has 3 aromatic rings. The molecule has 0 saturated carbocycles. The first-order valence-corrected chi connectivity index (χ1v) is 11.6. The van der Waals surface area contributed by atoms with E-state index in [0.717, 1.165) is 33.2 Å². The normalized spacial score (nSPS) is 14.9. The van der Waals surface area contributed by atoms with E-state index < -0.39 is 6.04 Å². The monoisotopic (exact) mass is 469 g/mol. The average molecular weight is 470 g/mol. The molecular formula is C23H24ClN5O2S. The van der Waals surface area contributed by atoms with E-state index in [9.17, 15) is 4.79 Å². The fourth-order valence-electron chi connectivity index (χ4n) is 3.64. The number of fused-ring (bicyclic) bond motifs is 3. The second-order valence-corrected chi connectivity index (χ2v) is 9.35. The van der Waals surface area contributed by atoms with Crippen molar-refractivity contribution in [3.63, 3.8) is 0 Å². The molecule has 2 aromatic heterocycles. The summed E-state index contributed by atoms with van der Waals surface area (Å²) in [6, 6.07) is 7.12. The van der Waals surface area contributed by atoms with Crippen LogP contribution in [0.2, 0.25) is 5.02 Å². The highest BCUT2D eigenvalue weighted by Gasteiger charge is 2.32. The number of nitrogens with zero attached hydrogens (tertiary/aromatic N) is 4. The van der Waals surface area contributed by atoms with E-state index in [-0.39, 0.29) is 24.7 Å². The average Bonchev–Trinajstić information content (AvgIpc) is 3.25. The van der Waals surface area contributed by atoms with Gasteiger partial charge in [0.05, 0.1) is 12.1 Å². The number of aryl methyl sites for hydroxylation is 2. The van der Waals surface area contributed by atoms with E-state index in [1.807, 2.05) is 35.8 Å². The fourth-order valence-corrected chi connectivity index (χ4v) is 4.98. The number of thiophene rings is 1. The largest absolute Gasteiger partial charge is 0.473 e. The Bertz CT molecular complexity index is 1230. The maximum absolute atomic E-state index is 11.6. The number of hydrogen-bond donors (Lipinski definition) is 1. The number of hydrogen-bond acceptors (Lipinski definition) is 7. The highest BCUT2D eigenvalue weighted by Crippen LogP contribution is 2.39. The zero-order valence-electron chi connectivity index (χ0n) is 18.4. The lowest BCUT2D eigenvalue weighted by Crippen LogP contribution is -2.16. The number of benzene rings is 1. The Morgan fingerprint density at radius 1 is 1.22 bits per heavy atom. The summed E-state index contributed by atoms with van der Waals surface area (Å²) in [4.78, 5) is 17.9. The van der Waals surface area contributed by atoms with Crippen LogP contribution in [0.25, 0.3) is 5.00 Å². The number of ether oxygens (including phenoxy) is 1. The quantitative estimate of drug-likeness (QED) is 0.398. The van der Waals surface area contributed by atoms with E-state index in [2.05, 4.69) is 24.0 Å². The fraction of sp³-hybridized carbons (Fsp3) is 0.348. The van der Waals surface area contributed by atoms with Crippen LogP contribution in [-0.2, 0) is 9.53 Å². The molecule has 0 bridgehead atoms. The first kappa shape index (κ1) is 22.4. The lowest BCUT2D eigenvalue weighted by molar-refractivity contribution is -0.121. The third kappa shape index (κ3) is 4.12. The van der Waals surface area contributed by atoms with Crippen LogP contribution >= 0.6 is 22.9 Å². The Morgan fingerprint density at radius 2 is 1.94 bits per heavy atom. The summed E-state index contributed by atoms with van der Waals surface area (Å²) in [6.45, 7) is 7.78. The van der Waals surface area contributed by atoms with Crippen LogP contribution in [0.1, 0.15) is 59.0 Å². The Balaban J connectivity index is 1.83. The van der Waals surface area contributed by atoms with Crippen LogP contribution in [0.5, 0.6) is 0 Å². The van der Waals surface area contributed by atoms with Gasteiger partial charge in [-0.05, 0) is 38.5 Å². The standard InChI is InChI=1S/C23H24ClN5O2S/c1-5-17(30)11-31-19(25)10-18-22-28-27-14(4)29(22)23-20(12(2)13(3)32-23)21(26-18)15-6-8-16(24)9-7-15/h6-9,18,25H,5,10-11H2,1-4H3/t18-/m0/s1. The van der Waals surface area contributed by atoms with Crippen LogP contribution in [0, 0.1) is 26.2 Å². The van der Waals surface area contributed by atoms with Crippen molar-refractivity contribution in [1.82, 2.24) is 14.8 Å². The molecule has 0 amide bonds. The van der Waals surface area contributed by atoms with Crippen LogP contribution in [-0.4, -0.2) is 38.8 Å². The second-order valence-electron chi connectivity index (χ2n) is 7.71. The van der Waals surface area contributed by atoms with Crippen LogP contribution in [0.15, 0.2) is 29.3 Å². The molecule has 4 rings (SSSR count). The van der Waals surface area contributed by atoms with E-state index in [1.54, 1.807) is 18.3 Å². The van der Waals surface area contributed by atoms with Gasteiger partial charge in [0.2, 0.25) is 0 Å². The number of rotatable bonds is 6. The van der Waals surface area contributed by atoms with E-state index in [4.69, 9.17) is 26.7 Å². The maximum Gasteiger partial charge on any atom is 0.183 e. The molecule has 7 nitrogen and oxygen atoms in total. The third-order valence-corrected chi connectivity index (χ3v) is 6.98. The second kappa shape index (κ2) is 8.96. The number of aliphatic imine (C=N–C) groups is 1. The van der Waals surface area contributed by atoms with E-state index in [1.165, 1.54) is 4.88 Å². The van der Waals surface area contributed by atoms with Gasteiger partial charge in [-0.25, -0.2) is 0 Å². The molecule has 0 radical (unpaired) electrons. The summed E-state index contributed by atoms with van der Waals surface area (Å²) in [6.07, 6.45) is 0.557. The van der Waals surface area contributed by atoms with Gasteiger partial charge in [-0.3, -0.25) is 19.8 Å². The number of carbonyl (C=O) groups excluding carboxylic acids is 1. The van der Waals surface area contributed by atoms with Gasteiger partial charge in [0, 0.05) is 27.4 Å². The van der Waals surface area contributed by atoms with Crippen molar-refractivity contribution in [2.45, 2.75) is 46.6 Å².